The number of thiazole rings is 1. The molecule has 1 fully saturated rings. The molecule has 1 aliphatic rings. The Bertz CT molecular complexity index is 721. The Morgan fingerprint density at radius 2 is 2.32 bits per heavy atom. The standard InChI is InChI=1S/C14H19ClN4O2S/c1-8(2)19-12(11-9(3)4-5-21-11)17-18(14(19)20)7-10-6-16-13(15)22-10/h6,8-9,11H,4-5,7H2,1-3H3/t9-,11+/m1/s1. The molecule has 120 valence electrons. The lowest BCUT2D eigenvalue weighted by Crippen LogP contribution is -2.27. The lowest BCUT2D eigenvalue weighted by molar-refractivity contribution is 0.0825. The van der Waals surface area contributed by atoms with E-state index in [1.54, 1.807) is 10.8 Å². The minimum atomic E-state index is -0.114. The number of aromatic nitrogens is 4. The van der Waals surface area contributed by atoms with E-state index >= 15 is 0 Å². The molecule has 8 heteroatoms. The van der Waals surface area contributed by atoms with Crippen LogP contribution in [-0.2, 0) is 11.3 Å². The first-order chi connectivity index (χ1) is 10.5. The zero-order valence-electron chi connectivity index (χ0n) is 12.8. The summed E-state index contributed by atoms with van der Waals surface area (Å²) in [5.41, 5.74) is -0.114. The summed E-state index contributed by atoms with van der Waals surface area (Å²) in [7, 11) is 0. The van der Waals surface area contributed by atoms with Gasteiger partial charge >= 0.3 is 5.69 Å². The van der Waals surface area contributed by atoms with E-state index in [4.69, 9.17) is 16.3 Å². The number of hydrogen-bond donors (Lipinski definition) is 0. The molecule has 3 heterocycles. The summed E-state index contributed by atoms with van der Waals surface area (Å²) >= 11 is 7.21. The third-order valence-electron chi connectivity index (χ3n) is 3.89. The van der Waals surface area contributed by atoms with Gasteiger partial charge in [0.25, 0.3) is 0 Å². The van der Waals surface area contributed by atoms with Crippen molar-refractivity contribution in [3.05, 3.63) is 31.8 Å². The predicted octanol–water partition coefficient (Wildman–Crippen LogP) is 2.88. The number of ether oxygens (including phenoxy) is 1. The summed E-state index contributed by atoms with van der Waals surface area (Å²) in [6.45, 7) is 7.21. The van der Waals surface area contributed by atoms with Gasteiger partial charge in [-0.05, 0) is 26.2 Å². The Morgan fingerprint density at radius 3 is 2.86 bits per heavy atom. The highest BCUT2D eigenvalue weighted by molar-refractivity contribution is 7.15. The van der Waals surface area contributed by atoms with Crippen LogP contribution in [0.4, 0.5) is 0 Å². The van der Waals surface area contributed by atoms with Crippen LogP contribution in [0.25, 0.3) is 0 Å². The molecular weight excluding hydrogens is 324 g/mol. The molecule has 0 aromatic carbocycles. The molecule has 2 atom stereocenters. The second kappa shape index (κ2) is 6.14. The minimum Gasteiger partial charge on any atom is -0.370 e. The van der Waals surface area contributed by atoms with Crippen LogP contribution < -0.4 is 5.69 Å². The third kappa shape index (κ3) is 2.85. The van der Waals surface area contributed by atoms with Crippen LogP contribution in [0.15, 0.2) is 11.0 Å². The van der Waals surface area contributed by atoms with Crippen molar-refractivity contribution in [1.29, 1.82) is 0 Å². The summed E-state index contributed by atoms with van der Waals surface area (Å²) in [6, 6.07) is 0.0395. The second-order valence-corrected chi connectivity index (χ2v) is 7.60. The first-order valence-corrected chi connectivity index (χ1v) is 8.58. The summed E-state index contributed by atoms with van der Waals surface area (Å²) < 4.78 is 9.48. The molecule has 0 spiro atoms. The van der Waals surface area contributed by atoms with Crippen LogP contribution >= 0.6 is 22.9 Å². The molecular formula is C14H19ClN4O2S. The van der Waals surface area contributed by atoms with Gasteiger partial charge in [-0.1, -0.05) is 18.5 Å². The van der Waals surface area contributed by atoms with E-state index in [-0.39, 0.29) is 17.8 Å². The molecule has 2 aromatic rings. The molecule has 0 amide bonds. The van der Waals surface area contributed by atoms with E-state index < -0.39 is 0 Å². The molecule has 0 radical (unpaired) electrons. The predicted molar refractivity (Wildman–Crippen MR) is 85.6 cm³/mol. The maximum absolute atomic E-state index is 12.7. The molecule has 0 unspecified atom stereocenters. The van der Waals surface area contributed by atoms with Gasteiger partial charge in [-0.15, -0.1) is 11.3 Å². The lowest BCUT2D eigenvalue weighted by atomic mass is 10.0. The highest BCUT2D eigenvalue weighted by Gasteiger charge is 2.32. The summed E-state index contributed by atoms with van der Waals surface area (Å²) in [6.07, 6.45) is 2.57. The Morgan fingerprint density at radius 1 is 1.55 bits per heavy atom. The third-order valence-corrected chi connectivity index (χ3v) is 4.99. The van der Waals surface area contributed by atoms with Crippen molar-refractivity contribution in [2.75, 3.05) is 6.61 Å². The van der Waals surface area contributed by atoms with Gasteiger partial charge in [-0.25, -0.2) is 14.5 Å². The van der Waals surface area contributed by atoms with Crippen LogP contribution in [0.2, 0.25) is 4.47 Å². The van der Waals surface area contributed by atoms with Crippen LogP contribution in [0.5, 0.6) is 0 Å². The van der Waals surface area contributed by atoms with Gasteiger partial charge in [-0.3, -0.25) is 4.57 Å². The van der Waals surface area contributed by atoms with E-state index in [1.807, 2.05) is 13.8 Å². The highest BCUT2D eigenvalue weighted by Crippen LogP contribution is 2.33. The molecule has 0 saturated carbocycles. The van der Waals surface area contributed by atoms with E-state index in [9.17, 15) is 4.79 Å². The number of hydrogen-bond acceptors (Lipinski definition) is 5. The Balaban J connectivity index is 1.99. The number of halogens is 1. The maximum atomic E-state index is 12.7. The first-order valence-electron chi connectivity index (χ1n) is 7.38. The largest absolute Gasteiger partial charge is 0.370 e. The van der Waals surface area contributed by atoms with Crippen molar-refractivity contribution in [2.45, 2.75) is 45.9 Å². The molecule has 0 bridgehead atoms. The highest BCUT2D eigenvalue weighted by atomic mass is 35.5. The first kappa shape index (κ1) is 15.7. The normalized spacial score (nSPS) is 21.9. The Labute approximate surface area is 137 Å². The van der Waals surface area contributed by atoms with E-state index in [0.29, 0.717) is 16.9 Å². The fraction of sp³-hybridized carbons (Fsp3) is 0.643. The number of rotatable bonds is 4. The lowest BCUT2D eigenvalue weighted by Gasteiger charge is -2.16. The van der Waals surface area contributed by atoms with Gasteiger partial charge in [0.2, 0.25) is 0 Å². The molecule has 0 aliphatic carbocycles. The van der Waals surface area contributed by atoms with Crippen molar-refractivity contribution in [2.24, 2.45) is 5.92 Å². The molecule has 2 aromatic heterocycles. The monoisotopic (exact) mass is 342 g/mol. The van der Waals surface area contributed by atoms with E-state index in [1.165, 1.54) is 16.0 Å². The van der Waals surface area contributed by atoms with Crippen molar-refractivity contribution < 1.29 is 4.74 Å². The van der Waals surface area contributed by atoms with Gasteiger partial charge in [0.15, 0.2) is 10.3 Å². The van der Waals surface area contributed by atoms with Crippen LogP contribution in [0.1, 0.15) is 50.0 Å². The second-order valence-electron chi connectivity index (χ2n) is 5.90. The van der Waals surface area contributed by atoms with Gasteiger partial charge in [0.05, 0.1) is 6.54 Å². The molecule has 22 heavy (non-hydrogen) atoms. The fourth-order valence-electron chi connectivity index (χ4n) is 2.75. The van der Waals surface area contributed by atoms with Crippen LogP contribution in [0, 0.1) is 5.92 Å². The molecule has 0 N–H and O–H groups in total. The van der Waals surface area contributed by atoms with Crippen molar-refractivity contribution in [3.63, 3.8) is 0 Å². The Kier molecular flexibility index (Phi) is 4.38. The topological polar surface area (TPSA) is 61.9 Å². The summed E-state index contributed by atoms with van der Waals surface area (Å²) in [5, 5.41) is 4.55. The van der Waals surface area contributed by atoms with Crippen LogP contribution in [0.3, 0.4) is 0 Å². The molecule has 1 saturated heterocycles. The number of nitrogens with zero attached hydrogens (tertiary/aromatic N) is 4. The van der Waals surface area contributed by atoms with Crippen molar-refractivity contribution in [3.8, 4) is 0 Å². The zero-order valence-corrected chi connectivity index (χ0v) is 14.4. The zero-order chi connectivity index (χ0) is 15.9. The quantitative estimate of drug-likeness (QED) is 0.857. The van der Waals surface area contributed by atoms with Gasteiger partial charge in [-0.2, -0.15) is 5.10 Å². The van der Waals surface area contributed by atoms with E-state index in [2.05, 4.69) is 17.0 Å². The Hall–Kier alpha value is -1.18. The van der Waals surface area contributed by atoms with Crippen LogP contribution in [-0.4, -0.2) is 25.9 Å². The summed E-state index contributed by atoms with van der Waals surface area (Å²) in [5.74, 6) is 1.09. The summed E-state index contributed by atoms with van der Waals surface area (Å²) in [4.78, 5) is 17.6. The van der Waals surface area contributed by atoms with Gasteiger partial charge < -0.3 is 4.74 Å². The van der Waals surface area contributed by atoms with Crippen molar-refractivity contribution in [1.82, 2.24) is 19.3 Å². The van der Waals surface area contributed by atoms with Crippen molar-refractivity contribution >= 4 is 22.9 Å². The minimum absolute atomic E-state index is 0.0395. The molecule has 6 nitrogen and oxygen atoms in total. The molecule has 1 aliphatic heterocycles. The maximum Gasteiger partial charge on any atom is 0.346 e. The SMILES string of the molecule is CC(C)n1c([C@H]2OCC[C@H]2C)nn(Cc2cnc(Cl)s2)c1=O. The molecule has 3 rings (SSSR count). The smallest absolute Gasteiger partial charge is 0.346 e. The average molecular weight is 343 g/mol. The van der Waals surface area contributed by atoms with E-state index in [0.717, 1.165) is 23.7 Å². The van der Waals surface area contributed by atoms with Gasteiger partial charge in [0.1, 0.15) is 6.10 Å². The van der Waals surface area contributed by atoms with Gasteiger partial charge in [0, 0.05) is 23.7 Å². The fourth-order valence-corrected chi connectivity index (χ4v) is 3.71. The average Bonchev–Trinajstić information content (AvgIpc) is 3.11.